The lowest BCUT2D eigenvalue weighted by Crippen LogP contribution is -2.13. The van der Waals surface area contributed by atoms with Crippen molar-refractivity contribution in [1.29, 1.82) is 0 Å². The summed E-state index contributed by atoms with van der Waals surface area (Å²) >= 11 is 5.69. The number of nitrogens with one attached hydrogen (secondary N) is 1. The average Bonchev–Trinajstić information content (AvgIpc) is 2.29. The van der Waals surface area contributed by atoms with Crippen molar-refractivity contribution in [3.05, 3.63) is 53.2 Å². The molecule has 0 radical (unpaired) electrons. The number of benzene rings is 1. The normalized spacial score (nSPS) is 11.2. The molecule has 0 unspecified atom stereocenters. The first kappa shape index (κ1) is 12.9. The van der Waals surface area contributed by atoms with Crippen LogP contribution in [0, 0.1) is 6.92 Å². The standard InChI is InChI=1S/C12H11ClN2O2S/c1-9-5-7-10(8-6-9)18(16,17)15-12-4-2-3-11(13)14-12/h2-8H,1H3,(H,14,15). The Morgan fingerprint density at radius 2 is 1.78 bits per heavy atom. The minimum Gasteiger partial charge on any atom is -0.263 e. The van der Waals surface area contributed by atoms with Crippen LogP contribution in [0.5, 0.6) is 0 Å². The van der Waals surface area contributed by atoms with Gasteiger partial charge in [-0.15, -0.1) is 0 Å². The van der Waals surface area contributed by atoms with Crippen LogP contribution < -0.4 is 4.72 Å². The van der Waals surface area contributed by atoms with Gasteiger partial charge in [0.05, 0.1) is 4.90 Å². The van der Waals surface area contributed by atoms with Crippen molar-refractivity contribution in [2.75, 3.05) is 4.72 Å². The second-order valence-corrected chi connectivity index (χ2v) is 5.83. The molecule has 0 atom stereocenters. The van der Waals surface area contributed by atoms with E-state index in [0.29, 0.717) is 0 Å². The third-order valence-electron chi connectivity index (χ3n) is 2.29. The van der Waals surface area contributed by atoms with E-state index in [1.54, 1.807) is 36.4 Å². The fourth-order valence-electron chi connectivity index (χ4n) is 1.38. The first-order chi connectivity index (χ1) is 8.47. The highest BCUT2D eigenvalue weighted by Gasteiger charge is 2.14. The number of halogens is 1. The van der Waals surface area contributed by atoms with Crippen molar-refractivity contribution < 1.29 is 8.42 Å². The molecule has 2 rings (SSSR count). The molecule has 0 aliphatic rings. The predicted molar refractivity (Wildman–Crippen MR) is 71.2 cm³/mol. The largest absolute Gasteiger partial charge is 0.263 e. The summed E-state index contributed by atoms with van der Waals surface area (Å²) in [5.74, 6) is 0.197. The van der Waals surface area contributed by atoms with Gasteiger partial charge >= 0.3 is 0 Å². The lowest BCUT2D eigenvalue weighted by atomic mass is 10.2. The van der Waals surface area contributed by atoms with Crippen molar-refractivity contribution >= 4 is 27.4 Å². The molecule has 0 amide bonds. The van der Waals surface area contributed by atoms with Crippen LogP contribution in [-0.4, -0.2) is 13.4 Å². The van der Waals surface area contributed by atoms with E-state index in [1.165, 1.54) is 6.07 Å². The van der Waals surface area contributed by atoms with Crippen molar-refractivity contribution in [2.45, 2.75) is 11.8 Å². The molecule has 0 saturated heterocycles. The number of hydrogen-bond donors (Lipinski definition) is 1. The second kappa shape index (κ2) is 4.96. The van der Waals surface area contributed by atoms with Gasteiger partial charge in [0.25, 0.3) is 10.0 Å². The fraction of sp³-hybridized carbons (Fsp3) is 0.0833. The van der Waals surface area contributed by atoms with Crippen molar-refractivity contribution in [3.63, 3.8) is 0 Å². The van der Waals surface area contributed by atoms with Crippen LogP contribution in [0.1, 0.15) is 5.56 Å². The molecule has 0 aliphatic heterocycles. The van der Waals surface area contributed by atoms with Crippen LogP contribution in [0.2, 0.25) is 5.15 Å². The molecule has 1 aromatic heterocycles. The highest BCUT2D eigenvalue weighted by molar-refractivity contribution is 7.92. The van der Waals surface area contributed by atoms with Crippen molar-refractivity contribution in [2.24, 2.45) is 0 Å². The molecule has 0 aliphatic carbocycles. The van der Waals surface area contributed by atoms with Crippen LogP contribution >= 0.6 is 11.6 Å². The number of nitrogens with zero attached hydrogens (tertiary/aromatic N) is 1. The summed E-state index contributed by atoms with van der Waals surface area (Å²) in [5, 5.41) is 0.235. The Bertz CT molecular complexity index is 654. The van der Waals surface area contributed by atoms with E-state index in [9.17, 15) is 8.42 Å². The van der Waals surface area contributed by atoms with Crippen molar-refractivity contribution in [1.82, 2.24) is 4.98 Å². The average molecular weight is 283 g/mol. The molecule has 1 heterocycles. The van der Waals surface area contributed by atoms with Gasteiger partial charge in [0.1, 0.15) is 11.0 Å². The van der Waals surface area contributed by atoms with Gasteiger partial charge in [-0.05, 0) is 31.2 Å². The van der Waals surface area contributed by atoms with Crippen molar-refractivity contribution in [3.8, 4) is 0 Å². The Balaban J connectivity index is 2.30. The van der Waals surface area contributed by atoms with E-state index < -0.39 is 10.0 Å². The first-order valence-electron chi connectivity index (χ1n) is 5.19. The highest BCUT2D eigenvalue weighted by atomic mass is 35.5. The Hall–Kier alpha value is -1.59. The molecule has 0 fully saturated rings. The van der Waals surface area contributed by atoms with E-state index in [0.717, 1.165) is 5.56 Å². The summed E-state index contributed by atoms with van der Waals surface area (Å²) in [5.41, 5.74) is 0.995. The number of anilines is 1. The summed E-state index contributed by atoms with van der Waals surface area (Å²) in [7, 11) is -3.62. The molecule has 1 N–H and O–H groups in total. The van der Waals surface area contributed by atoms with Gasteiger partial charge in [-0.3, -0.25) is 4.72 Å². The summed E-state index contributed by atoms with van der Waals surface area (Å²) in [6.45, 7) is 1.89. The molecular weight excluding hydrogens is 272 g/mol. The number of aromatic nitrogens is 1. The Morgan fingerprint density at radius 3 is 2.39 bits per heavy atom. The summed E-state index contributed by atoms with van der Waals surface area (Å²) < 4.78 is 26.4. The first-order valence-corrected chi connectivity index (χ1v) is 7.05. The molecule has 1 aromatic carbocycles. The predicted octanol–water partition coefficient (Wildman–Crippen LogP) is 2.84. The molecule has 94 valence electrons. The molecule has 0 saturated carbocycles. The van der Waals surface area contributed by atoms with Gasteiger partial charge in [-0.25, -0.2) is 13.4 Å². The number of pyridine rings is 1. The third kappa shape index (κ3) is 3.00. The van der Waals surface area contributed by atoms with Gasteiger partial charge in [0.15, 0.2) is 0 Å². The third-order valence-corrected chi connectivity index (χ3v) is 3.87. The number of rotatable bonds is 3. The summed E-state index contributed by atoms with van der Waals surface area (Å²) in [6, 6.07) is 11.3. The Morgan fingerprint density at radius 1 is 1.11 bits per heavy atom. The highest BCUT2D eigenvalue weighted by Crippen LogP contribution is 2.16. The maximum absolute atomic E-state index is 12.0. The maximum atomic E-state index is 12.0. The van der Waals surface area contributed by atoms with E-state index in [2.05, 4.69) is 9.71 Å². The van der Waals surface area contributed by atoms with Gasteiger partial charge < -0.3 is 0 Å². The minimum atomic E-state index is -3.62. The Labute approximate surface area is 111 Å². The van der Waals surface area contributed by atoms with E-state index in [1.807, 2.05) is 6.92 Å². The number of aryl methyl sites for hydroxylation is 1. The fourth-order valence-corrected chi connectivity index (χ4v) is 2.54. The van der Waals surface area contributed by atoms with Crippen LogP contribution in [0.15, 0.2) is 47.4 Å². The molecule has 6 heteroatoms. The zero-order valence-corrected chi connectivity index (χ0v) is 11.2. The SMILES string of the molecule is Cc1ccc(S(=O)(=O)Nc2cccc(Cl)n2)cc1. The van der Waals surface area contributed by atoms with Crippen LogP contribution in [0.3, 0.4) is 0 Å². The quantitative estimate of drug-likeness (QED) is 0.881. The zero-order chi connectivity index (χ0) is 13.2. The van der Waals surface area contributed by atoms with Crippen LogP contribution in [0.4, 0.5) is 5.82 Å². The van der Waals surface area contributed by atoms with Gasteiger partial charge in [0, 0.05) is 0 Å². The molecule has 0 spiro atoms. The van der Waals surface area contributed by atoms with E-state index in [4.69, 9.17) is 11.6 Å². The minimum absolute atomic E-state index is 0.190. The Kier molecular flexibility index (Phi) is 3.54. The van der Waals surface area contributed by atoms with Gasteiger partial charge in [-0.1, -0.05) is 35.4 Å². The van der Waals surface area contributed by atoms with E-state index in [-0.39, 0.29) is 15.9 Å². The lowest BCUT2D eigenvalue weighted by Gasteiger charge is -2.07. The molecule has 18 heavy (non-hydrogen) atoms. The van der Waals surface area contributed by atoms with Gasteiger partial charge in [0.2, 0.25) is 0 Å². The monoisotopic (exact) mass is 282 g/mol. The van der Waals surface area contributed by atoms with E-state index >= 15 is 0 Å². The molecular formula is C12H11ClN2O2S. The number of hydrogen-bond acceptors (Lipinski definition) is 3. The zero-order valence-electron chi connectivity index (χ0n) is 9.59. The van der Waals surface area contributed by atoms with Gasteiger partial charge in [-0.2, -0.15) is 0 Å². The summed E-state index contributed by atoms with van der Waals surface area (Å²) in [4.78, 5) is 4.07. The number of sulfonamides is 1. The smallest absolute Gasteiger partial charge is 0.263 e. The molecule has 0 bridgehead atoms. The molecule has 4 nitrogen and oxygen atoms in total. The molecule has 2 aromatic rings. The maximum Gasteiger partial charge on any atom is 0.263 e. The topological polar surface area (TPSA) is 59.1 Å². The second-order valence-electron chi connectivity index (χ2n) is 3.76. The summed E-state index contributed by atoms with van der Waals surface area (Å²) in [6.07, 6.45) is 0. The van der Waals surface area contributed by atoms with Crippen LogP contribution in [-0.2, 0) is 10.0 Å². The lowest BCUT2D eigenvalue weighted by molar-refractivity contribution is 0.601. The van der Waals surface area contributed by atoms with Crippen LogP contribution in [0.25, 0.3) is 0 Å².